The number of Topliss-reactive ketones (excluding diaryl/α,β-unsaturated/α-hetero) is 1. The fraction of sp³-hybridized carbons (Fsp3) is 0.300. The average molecular weight is 200 g/mol. The van der Waals surface area contributed by atoms with Crippen LogP contribution < -0.4 is 0 Å². The number of carbonyl (C=O) groups is 1. The highest BCUT2D eigenvalue weighted by Gasteiger charge is 2.40. The van der Waals surface area contributed by atoms with Gasteiger partial charge in [0.1, 0.15) is 0 Å². The number of benzene rings is 1. The van der Waals surface area contributed by atoms with Crippen molar-refractivity contribution in [3.63, 3.8) is 0 Å². The Morgan fingerprint density at radius 3 is 2.43 bits per heavy atom. The molecule has 0 N–H and O–H groups in total. The molecular formula is C10H10F2O2. The molecule has 4 heteroatoms. The number of hydrogen-bond acceptors (Lipinski definition) is 2. The van der Waals surface area contributed by atoms with Gasteiger partial charge in [0.2, 0.25) is 0 Å². The van der Waals surface area contributed by atoms with Crippen LogP contribution in [0.1, 0.15) is 17.3 Å². The maximum absolute atomic E-state index is 12.9. The maximum atomic E-state index is 12.9. The molecule has 1 aromatic rings. The van der Waals surface area contributed by atoms with Crippen LogP contribution in [-0.2, 0) is 4.74 Å². The highest BCUT2D eigenvalue weighted by atomic mass is 19.3. The standard InChI is InChI=1S/C10H10F2O2/c1-2-14-10(11,12)9(13)8-6-4-3-5-7-8/h3-7H,2H2,1H3. The summed E-state index contributed by atoms with van der Waals surface area (Å²) in [5, 5.41) is 0. The first-order valence-corrected chi connectivity index (χ1v) is 4.19. The van der Waals surface area contributed by atoms with Crippen LogP contribution in [-0.4, -0.2) is 18.5 Å². The largest absolute Gasteiger partial charge is 0.420 e. The van der Waals surface area contributed by atoms with Gasteiger partial charge in [0.25, 0.3) is 5.78 Å². The fourth-order valence-electron chi connectivity index (χ4n) is 1.00. The number of rotatable bonds is 4. The molecule has 0 bridgehead atoms. The molecule has 0 saturated carbocycles. The number of ketones is 1. The molecule has 0 aromatic heterocycles. The fourth-order valence-corrected chi connectivity index (χ4v) is 1.00. The molecule has 0 atom stereocenters. The highest BCUT2D eigenvalue weighted by Crippen LogP contribution is 2.21. The van der Waals surface area contributed by atoms with E-state index in [-0.39, 0.29) is 12.2 Å². The molecule has 0 aliphatic rings. The van der Waals surface area contributed by atoms with Crippen molar-refractivity contribution >= 4 is 5.78 Å². The summed E-state index contributed by atoms with van der Waals surface area (Å²) < 4.78 is 29.9. The van der Waals surface area contributed by atoms with Crippen LogP contribution in [0, 0.1) is 0 Å². The lowest BCUT2D eigenvalue weighted by molar-refractivity contribution is -0.194. The second kappa shape index (κ2) is 4.28. The van der Waals surface area contributed by atoms with E-state index in [1.807, 2.05) is 0 Å². The Morgan fingerprint density at radius 2 is 1.93 bits per heavy atom. The predicted molar refractivity (Wildman–Crippen MR) is 47.3 cm³/mol. The summed E-state index contributed by atoms with van der Waals surface area (Å²) in [7, 11) is 0. The number of alkyl halides is 2. The van der Waals surface area contributed by atoms with E-state index in [0.29, 0.717) is 0 Å². The lowest BCUT2D eigenvalue weighted by Crippen LogP contribution is -2.31. The molecule has 0 radical (unpaired) electrons. The quantitative estimate of drug-likeness (QED) is 0.698. The Bertz CT molecular complexity index is 309. The van der Waals surface area contributed by atoms with Gasteiger partial charge in [-0.05, 0) is 6.92 Å². The zero-order valence-electron chi connectivity index (χ0n) is 7.67. The molecule has 0 aliphatic heterocycles. The van der Waals surface area contributed by atoms with Gasteiger partial charge in [0, 0.05) is 5.56 Å². The van der Waals surface area contributed by atoms with Crippen LogP contribution in [0.15, 0.2) is 30.3 Å². The molecule has 0 aliphatic carbocycles. The Morgan fingerprint density at radius 1 is 1.36 bits per heavy atom. The molecule has 0 spiro atoms. The second-order valence-electron chi connectivity index (χ2n) is 2.64. The van der Waals surface area contributed by atoms with Crippen molar-refractivity contribution in [2.24, 2.45) is 0 Å². The zero-order valence-corrected chi connectivity index (χ0v) is 7.67. The molecule has 0 fully saturated rings. The highest BCUT2D eigenvalue weighted by molar-refractivity contribution is 6.00. The van der Waals surface area contributed by atoms with Crippen LogP contribution in [0.25, 0.3) is 0 Å². The molecule has 14 heavy (non-hydrogen) atoms. The summed E-state index contributed by atoms with van der Waals surface area (Å²) in [6, 6.07) is 7.35. The minimum atomic E-state index is -3.73. The van der Waals surface area contributed by atoms with Crippen molar-refractivity contribution in [3.8, 4) is 0 Å². The summed E-state index contributed by atoms with van der Waals surface area (Å²) in [6.07, 6.45) is -3.73. The third-order valence-electron chi connectivity index (χ3n) is 1.63. The van der Waals surface area contributed by atoms with Gasteiger partial charge in [-0.2, -0.15) is 8.78 Å². The van der Waals surface area contributed by atoms with Crippen LogP contribution >= 0.6 is 0 Å². The lowest BCUT2D eigenvalue weighted by atomic mass is 10.1. The monoisotopic (exact) mass is 200 g/mol. The Kier molecular flexibility index (Phi) is 3.30. The summed E-state index contributed by atoms with van der Waals surface area (Å²) in [6.45, 7) is 1.21. The maximum Gasteiger partial charge on any atom is 0.420 e. The van der Waals surface area contributed by atoms with Crippen LogP contribution in [0.3, 0.4) is 0 Å². The molecule has 0 amide bonds. The number of halogens is 2. The van der Waals surface area contributed by atoms with Gasteiger partial charge in [-0.15, -0.1) is 0 Å². The first kappa shape index (κ1) is 10.8. The summed E-state index contributed by atoms with van der Waals surface area (Å²) in [4.78, 5) is 11.2. The summed E-state index contributed by atoms with van der Waals surface area (Å²) >= 11 is 0. The third kappa shape index (κ3) is 2.35. The van der Waals surface area contributed by atoms with Crippen molar-refractivity contribution in [1.82, 2.24) is 0 Å². The molecule has 0 heterocycles. The van der Waals surface area contributed by atoms with Gasteiger partial charge < -0.3 is 4.74 Å². The molecule has 1 rings (SSSR count). The smallest absolute Gasteiger partial charge is 0.314 e. The van der Waals surface area contributed by atoms with Gasteiger partial charge in [-0.25, -0.2) is 0 Å². The summed E-state index contributed by atoms with van der Waals surface area (Å²) in [5.41, 5.74) is -0.0500. The molecule has 0 saturated heterocycles. The molecule has 76 valence electrons. The topological polar surface area (TPSA) is 26.3 Å². The van der Waals surface area contributed by atoms with Crippen molar-refractivity contribution in [1.29, 1.82) is 0 Å². The van der Waals surface area contributed by atoms with Crippen LogP contribution in [0.2, 0.25) is 0 Å². The number of carbonyl (C=O) groups excluding carboxylic acids is 1. The van der Waals surface area contributed by atoms with E-state index in [4.69, 9.17) is 0 Å². The molecule has 0 unspecified atom stereocenters. The van der Waals surface area contributed by atoms with E-state index in [0.717, 1.165) is 0 Å². The van der Waals surface area contributed by atoms with Gasteiger partial charge >= 0.3 is 6.11 Å². The van der Waals surface area contributed by atoms with Gasteiger partial charge in [0.05, 0.1) is 6.61 Å². The van der Waals surface area contributed by atoms with Crippen molar-refractivity contribution in [2.45, 2.75) is 13.0 Å². The van der Waals surface area contributed by atoms with E-state index in [1.54, 1.807) is 6.07 Å². The molecule has 1 aromatic carbocycles. The van der Waals surface area contributed by atoms with Crippen LogP contribution in [0.4, 0.5) is 8.78 Å². The second-order valence-corrected chi connectivity index (χ2v) is 2.64. The number of ether oxygens (including phenoxy) is 1. The number of hydrogen-bond donors (Lipinski definition) is 0. The van der Waals surface area contributed by atoms with E-state index in [2.05, 4.69) is 4.74 Å². The average Bonchev–Trinajstić information content (AvgIpc) is 2.18. The first-order chi connectivity index (χ1) is 6.58. The summed E-state index contributed by atoms with van der Waals surface area (Å²) in [5.74, 6) is -1.31. The van der Waals surface area contributed by atoms with Crippen LogP contribution in [0.5, 0.6) is 0 Å². The van der Waals surface area contributed by atoms with Gasteiger partial charge in [-0.1, -0.05) is 30.3 Å². The zero-order chi connectivity index (χ0) is 10.6. The SMILES string of the molecule is CCOC(F)(F)C(=O)c1ccccc1. The minimum absolute atomic E-state index is 0.0500. The van der Waals surface area contributed by atoms with Gasteiger partial charge in [0.15, 0.2) is 0 Å². The Hall–Kier alpha value is -1.29. The first-order valence-electron chi connectivity index (χ1n) is 4.19. The van der Waals surface area contributed by atoms with Crippen molar-refractivity contribution in [2.75, 3.05) is 6.61 Å². The third-order valence-corrected chi connectivity index (χ3v) is 1.63. The predicted octanol–water partition coefficient (Wildman–Crippen LogP) is 2.50. The normalized spacial score (nSPS) is 11.4. The minimum Gasteiger partial charge on any atom is -0.314 e. The molecule has 2 nitrogen and oxygen atoms in total. The lowest BCUT2D eigenvalue weighted by Gasteiger charge is -2.13. The van der Waals surface area contributed by atoms with Crippen molar-refractivity contribution < 1.29 is 18.3 Å². The molecular weight excluding hydrogens is 190 g/mol. The Balaban J connectivity index is 2.85. The van der Waals surface area contributed by atoms with E-state index < -0.39 is 11.9 Å². The van der Waals surface area contributed by atoms with E-state index >= 15 is 0 Å². The Labute approximate surface area is 80.5 Å². The van der Waals surface area contributed by atoms with E-state index in [9.17, 15) is 13.6 Å². The van der Waals surface area contributed by atoms with Crippen molar-refractivity contribution in [3.05, 3.63) is 35.9 Å². The van der Waals surface area contributed by atoms with E-state index in [1.165, 1.54) is 31.2 Å². The van der Waals surface area contributed by atoms with Gasteiger partial charge in [-0.3, -0.25) is 4.79 Å².